The summed E-state index contributed by atoms with van der Waals surface area (Å²) in [4.78, 5) is 18.0. The van der Waals surface area contributed by atoms with Crippen molar-refractivity contribution < 1.29 is 4.74 Å². The van der Waals surface area contributed by atoms with Crippen LogP contribution >= 0.6 is 11.6 Å². The van der Waals surface area contributed by atoms with Crippen LogP contribution in [0, 0.1) is 6.92 Å². The highest BCUT2D eigenvalue weighted by molar-refractivity contribution is 6.32. The summed E-state index contributed by atoms with van der Waals surface area (Å²) in [5.41, 5.74) is 3.02. The predicted octanol–water partition coefficient (Wildman–Crippen LogP) is 4.10. The quantitative estimate of drug-likeness (QED) is 0.522. The van der Waals surface area contributed by atoms with Crippen molar-refractivity contribution in [2.24, 2.45) is 0 Å². The Morgan fingerprint density at radius 1 is 1.11 bits per heavy atom. The van der Waals surface area contributed by atoms with E-state index in [-0.39, 0.29) is 5.56 Å². The number of methoxy groups -OCH3 is 1. The van der Waals surface area contributed by atoms with E-state index in [1.54, 1.807) is 40.8 Å². The van der Waals surface area contributed by atoms with E-state index >= 15 is 0 Å². The number of benzene rings is 2. The van der Waals surface area contributed by atoms with E-state index in [2.05, 4.69) is 5.10 Å². The van der Waals surface area contributed by atoms with Crippen molar-refractivity contribution >= 4 is 22.6 Å². The van der Waals surface area contributed by atoms with Gasteiger partial charge in [0.25, 0.3) is 5.56 Å². The number of ether oxygens (including phenoxy) is 1. The summed E-state index contributed by atoms with van der Waals surface area (Å²) in [6.45, 7) is 3.99. The number of fused-ring (bicyclic) bond motifs is 1. The second-order valence-electron chi connectivity index (χ2n) is 6.47. The van der Waals surface area contributed by atoms with Crippen molar-refractivity contribution in [3.63, 3.8) is 0 Å². The number of halogens is 1. The van der Waals surface area contributed by atoms with Crippen molar-refractivity contribution in [1.82, 2.24) is 19.3 Å². The summed E-state index contributed by atoms with van der Waals surface area (Å²) in [6, 6.07) is 13.2. The van der Waals surface area contributed by atoms with Crippen molar-refractivity contribution in [3.8, 4) is 17.1 Å². The first-order valence-electron chi connectivity index (χ1n) is 8.94. The van der Waals surface area contributed by atoms with Gasteiger partial charge in [0.2, 0.25) is 0 Å². The van der Waals surface area contributed by atoms with E-state index in [1.807, 2.05) is 38.1 Å². The van der Waals surface area contributed by atoms with Crippen molar-refractivity contribution in [2.75, 3.05) is 7.11 Å². The van der Waals surface area contributed by atoms with E-state index in [4.69, 9.17) is 21.3 Å². The van der Waals surface area contributed by atoms with Gasteiger partial charge in [-0.05, 0) is 37.3 Å². The molecule has 6 nitrogen and oxygen atoms in total. The number of hydrogen-bond donors (Lipinski definition) is 0. The SMILES string of the molecule is CCc1nc2c(cnn2-c2ccc(C)cc2)c(=O)n1-c1ccc(OC)c(Cl)c1. The Labute approximate surface area is 167 Å². The standard InChI is InChI=1S/C21H19ClN4O2/c1-4-19-24-20-16(12-23-26(20)14-7-5-13(2)6-8-14)21(27)25(19)15-9-10-18(28-3)17(22)11-15/h5-12H,4H2,1-3H3. The minimum Gasteiger partial charge on any atom is -0.495 e. The maximum Gasteiger partial charge on any atom is 0.269 e. The van der Waals surface area contributed by atoms with Crippen LogP contribution in [-0.2, 0) is 6.42 Å². The molecule has 0 aliphatic rings. The minimum atomic E-state index is -0.179. The second kappa shape index (κ2) is 7.13. The smallest absolute Gasteiger partial charge is 0.269 e. The highest BCUT2D eigenvalue weighted by atomic mass is 35.5. The van der Waals surface area contributed by atoms with Crippen LogP contribution in [0.1, 0.15) is 18.3 Å². The Morgan fingerprint density at radius 2 is 1.82 bits per heavy atom. The largest absolute Gasteiger partial charge is 0.495 e. The average molecular weight is 395 g/mol. The third-order valence-electron chi connectivity index (χ3n) is 4.66. The summed E-state index contributed by atoms with van der Waals surface area (Å²) in [6.07, 6.45) is 2.14. The van der Waals surface area contributed by atoms with Crippen molar-refractivity contribution in [1.29, 1.82) is 0 Å². The first kappa shape index (κ1) is 18.3. The molecule has 0 aliphatic heterocycles. The van der Waals surface area contributed by atoms with Crippen LogP contribution in [0.2, 0.25) is 5.02 Å². The lowest BCUT2D eigenvalue weighted by Gasteiger charge is -2.13. The molecule has 0 saturated heterocycles. The minimum absolute atomic E-state index is 0.179. The van der Waals surface area contributed by atoms with Crippen LogP contribution in [-0.4, -0.2) is 26.4 Å². The number of aromatic nitrogens is 4. The van der Waals surface area contributed by atoms with Crippen molar-refractivity contribution in [2.45, 2.75) is 20.3 Å². The Hall–Kier alpha value is -3.12. The van der Waals surface area contributed by atoms with Gasteiger partial charge in [0, 0.05) is 6.42 Å². The zero-order valence-electron chi connectivity index (χ0n) is 15.8. The highest BCUT2D eigenvalue weighted by Gasteiger charge is 2.17. The van der Waals surface area contributed by atoms with Crippen LogP contribution in [0.15, 0.2) is 53.5 Å². The monoisotopic (exact) mass is 394 g/mol. The first-order chi connectivity index (χ1) is 13.5. The third kappa shape index (κ3) is 2.96. The summed E-state index contributed by atoms with van der Waals surface area (Å²) < 4.78 is 8.48. The molecule has 0 N–H and O–H groups in total. The zero-order chi connectivity index (χ0) is 19.8. The summed E-state index contributed by atoms with van der Waals surface area (Å²) >= 11 is 6.27. The number of hydrogen-bond acceptors (Lipinski definition) is 4. The van der Waals surface area contributed by atoms with E-state index < -0.39 is 0 Å². The predicted molar refractivity (Wildman–Crippen MR) is 110 cm³/mol. The van der Waals surface area contributed by atoms with Gasteiger partial charge in [0.05, 0.1) is 29.7 Å². The van der Waals surface area contributed by atoms with E-state index in [1.165, 1.54) is 0 Å². The van der Waals surface area contributed by atoms with Gasteiger partial charge in [-0.25, -0.2) is 9.67 Å². The lowest BCUT2D eigenvalue weighted by molar-refractivity contribution is 0.415. The van der Waals surface area contributed by atoms with Gasteiger partial charge in [-0.1, -0.05) is 36.2 Å². The van der Waals surface area contributed by atoms with Gasteiger partial charge in [-0.15, -0.1) is 0 Å². The summed E-state index contributed by atoms with van der Waals surface area (Å²) in [5.74, 6) is 1.19. The van der Waals surface area contributed by atoms with E-state index in [0.717, 1.165) is 11.3 Å². The summed E-state index contributed by atoms with van der Waals surface area (Å²) in [7, 11) is 1.55. The van der Waals surface area contributed by atoms with Gasteiger partial charge in [0.1, 0.15) is 17.0 Å². The van der Waals surface area contributed by atoms with Gasteiger partial charge in [-0.3, -0.25) is 9.36 Å². The van der Waals surface area contributed by atoms with E-state index in [9.17, 15) is 4.79 Å². The molecule has 0 amide bonds. The van der Waals surface area contributed by atoms with Crippen LogP contribution in [0.3, 0.4) is 0 Å². The fourth-order valence-corrected chi connectivity index (χ4v) is 3.44. The van der Waals surface area contributed by atoms with Gasteiger partial charge in [0.15, 0.2) is 5.65 Å². The second-order valence-corrected chi connectivity index (χ2v) is 6.88. The molecule has 0 aliphatic carbocycles. The molecule has 0 atom stereocenters. The first-order valence-corrected chi connectivity index (χ1v) is 9.32. The van der Waals surface area contributed by atoms with Gasteiger partial charge < -0.3 is 4.74 Å². The molecule has 7 heteroatoms. The molecular weight excluding hydrogens is 376 g/mol. The zero-order valence-corrected chi connectivity index (χ0v) is 16.6. The average Bonchev–Trinajstić information content (AvgIpc) is 3.12. The molecule has 142 valence electrons. The lowest BCUT2D eigenvalue weighted by atomic mass is 10.2. The summed E-state index contributed by atoms with van der Waals surface area (Å²) in [5, 5.41) is 5.29. The topological polar surface area (TPSA) is 61.9 Å². The lowest BCUT2D eigenvalue weighted by Crippen LogP contribution is -2.23. The maximum absolute atomic E-state index is 13.3. The molecule has 0 spiro atoms. The fourth-order valence-electron chi connectivity index (χ4n) is 3.18. The van der Waals surface area contributed by atoms with Crippen LogP contribution in [0.5, 0.6) is 5.75 Å². The Balaban J connectivity index is 1.95. The molecule has 0 unspecified atom stereocenters. The number of aryl methyl sites for hydroxylation is 2. The molecule has 0 bridgehead atoms. The van der Waals surface area contributed by atoms with E-state index in [0.29, 0.717) is 39.7 Å². The van der Waals surface area contributed by atoms with Crippen molar-refractivity contribution in [3.05, 3.63) is 75.4 Å². The molecule has 4 rings (SSSR count). The molecular formula is C21H19ClN4O2. The van der Waals surface area contributed by atoms with Gasteiger partial charge >= 0.3 is 0 Å². The highest BCUT2D eigenvalue weighted by Crippen LogP contribution is 2.27. The molecule has 0 saturated carbocycles. The molecule has 2 aromatic carbocycles. The Morgan fingerprint density at radius 3 is 2.46 bits per heavy atom. The maximum atomic E-state index is 13.3. The fraction of sp³-hybridized carbons (Fsp3) is 0.190. The molecule has 4 aromatic rings. The Kier molecular flexibility index (Phi) is 4.65. The molecule has 28 heavy (non-hydrogen) atoms. The van der Waals surface area contributed by atoms with Crippen LogP contribution in [0.25, 0.3) is 22.4 Å². The molecule has 2 heterocycles. The molecule has 2 aromatic heterocycles. The van der Waals surface area contributed by atoms with Crippen LogP contribution < -0.4 is 10.3 Å². The molecule has 0 fully saturated rings. The normalized spacial score (nSPS) is 11.1. The molecule has 0 radical (unpaired) electrons. The van der Waals surface area contributed by atoms with Gasteiger partial charge in [-0.2, -0.15) is 5.10 Å². The Bertz CT molecular complexity index is 1230. The van der Waals surface area contributed by atoms with Crippen LogP contribution in [0.4, 0.5) is 0 Å². The number of nitrogens with zero attached hydrogens (tertiary/aromatic N) is 4. The third-order valence-corrected chi connectivity index (χ3v) is 4.95. The number of rotatable bonds is 4.